The largest absolute Gasteiger partial charge is 0.469 e. The second-order valence-electron chi connectivity index (χ2n) is 5.52. The third-order valence-electron chi connectivity index (χ3n) is 3.88. The Kier molecular flexibility index (Phi) is 5.83. The molecule has 1 aliphatic rings. The summed E-state index contributed by atoms with van der Waals surface area (Å²) in [7, 11) is 1.56. The predicted octanol–water partition coefficient (Wildman–Crippen LogP) is 0.351. The molecule has 2 heterocycles. The molecule has 0 spiro atoms. The monoisotopic (exact) mass is 309 g/mol. The third-order valence-corrected chi connectivity index (χ3v) is 3.88. The Morgan fingerprint density at radius 1 is 1.45 bits per heavy atom. The Balaban J connectivity index is 1.68. The van der Waals surface area contributed by atoms with Gasteiger partial charge in [0, 0.05) is 45.4 Å². The number of aliphatic hydroxyl groups excluding tert-OH is 1. The molecule has 3 N–H and O–H groups in total. The average Bonchev–Trinajstić information content (AvgIpc) is 3.14. The van der Waals surface area contributed by atoms with Gasteiger partial charge in [0.05, 0.1) is 12.4 Å². The summed E-state index contributed by atoms with van der Waals surface area (Å²) in [6.45, 7) is 1.22. The first-order valence-corrected chi connectivity index (χ1v) is 7.54. The lowest BCUT2D eigenvalue weighted by Gasteiger charge is -2.16. The molecular formula is C15H23N3O4. The summed E-state index contributed by atoms with van der Waals surface area (Å²) >= 11 is 0. The Hall–Kier alpha value is -2.02. The highest BCUT2D eigenvalue weighted by atomic mass is 16.3. The fourth-order valence-electron chi connectivity index (χ4n) is 2.59. The van der Waals surface area contributed by atoms with Gasteiger partial charge in [0.2, 0.25) is 5.91 Å². The van der Waals surface area contributed by atoms with Crippen molar-refractivity contribution < 1.29 is 19.1 Å². The van der Waals surface area contributed by atoms with E-state index in [0.29, 0.717) is 13.1 Å². The molecule has 122 valence electrons. The molecule has 2 atom stereocenters. The zero-order chi connectivity index (χ0) is 15.9. The molecular weight excluding hydrogens is 286 g/mol. The maximum atomic E-state index is 12.0. The Morgan fingerprint density at radius 3 is 2.95 bits per heavy atom. The highest BCUT2D eigenvalue weighted by molar-refractivity contribution is 5.77. The van der Waals surface area contributed by atoms with E-state index in [-0.39, 0.29) is 30.8 Å². The number of carbonyl (C=O) groups excluding carboxylic acids is 2. The number of amides is 3. The Labute approximate surface area is 129 Å². The van der Waals surface area contributed by atoms with Crippen LogP contribution in [0.4, 0.5) is 4.79 Å². The lowest BCUT2D eigenvalue weighted by molar-refractivity contribution is -0.122. The van der Waals surface area contributed by atoms with Gasteiger partial charge in [0.25, 0.3) is 0 Å². The Bertz CT molecular complexity index is 489. The summed E-state index contributed by atoms with van der Waals surface area (Å²) in [4.78, 5) is 25.0. The smallest absolute Gasteiger partial charge is 0.317 e. The van der Waals surface area contributed by atoms with Crippen molar-refractivity contribution in [1.29, 1.82) is 0 Å². The SMILES string of the molecule is CNC(=O)C[C@@H]1CN(C(=O)NCCCc2ccco2)C[C@H]1O. The number of aryl methyl sites for hydroxylation is 1. The fourth-order valence-corrected chi connectivity index (χ4v) is 2.59. The molecule has 0 saturated carbocycles. The molecule has 0 unspecified atom stereocenters. The van der Waals surface area contributed by atoms with E-state index < -0.39 is 6.10 Å². The molecule has 0 aromatic carbocycles. The van der Waals surface area contributed by atoms with Gasteiger partial charge >= 0.3 is 6.03 Å². The van der Waals surface area contributed by atoms with Gasteiger partial charge in [0.1, 0.15) is 5.76 Å². The molecule has 7 heteroatoms. The van der Waals surface area contributed by atoms with Crippen LogP contribution >= 0.6 is 0 Å². The van der Waals surface area contributed by atoms with Crippen molar-refractivity contribution in [3.63, 3.8) is 0 Å². The maximum absolute atomic E-state index is 12.0. The van der Waals surface area contributed by atoms with E-state index in [2.05, 4.69) is 10.6 Å². The molecule has 0 radical (unpaired) electrons. The van der Waals surface area contributed by atoms with E-state index in [1.807, 2.05) is 12.1 Å². The van der Waals surface area contributed by atoms with Crippen molar-refractivity contribution in [1.82, 2.24) is 15.5 Å². The minimum atomic E-state index is -0.647. The molecule has 1 saturated heterocycles. The van der Waals surface area contributed by atoms with Gasteiger partial charge in [-0.05, 0) is 18.6 Å². The number of β-amino-alcohol motifs (C(OH)–C–C–N with tert-alkyl or cyclic N) is 1. The number of aliphatic hydroxyl groups is 1. The first-order chi connectivity index (χ1) is 10.6. The number of furan rings is 1. The number of likely N-dealkylation sites (tertiary alicyclic amines) is 1. The van der Waals surface area contributed by atoms with Gasteiger partial charge in [-0.3, -0.25) is 4.79 Å². The zero-order valence-electron chi connectivity index (χ0n) is 12.7. The maximum Gasteiger partial charge on any atom is 0.317 e. The molecule has 0 aliphatic carbocycles. The van der Waals surface area contributed by atoms with Crippen LogP contribution in [0, 0.1) is 5.92 Å². The molecule has 7 nitrogen and oxygen atoms in total. The number of hydrogen-bond acceptors (Lipinski definition) is 4. The molecule has 0 bridgehead atoms. The van der Waals surface area contributed by atoms with Gasteiger partial charge < -0.3 is 25.1 Å². The van der Waals surface area contributed by atoms with Gasteiger partial charge in [-0.2, -0.15) is 0 Å². The van der Waals surface area contributed by atoms with Gasteiger partial charge in [0.15, 0.2) is 0 Å². The molecule has 1 aromatic heterocycles. The van der Waals surface area contributed by atoms with Crippen molar-refractivity contribution in [3.8, 4) is 0 Å². The first kappa shape index (κ1) is 16.4. The van der Waals surface area contributed by atoms with Crippen LogP contribution in [-0.2, 0) is 11.2 Å². The highest BCUT2D eigenvalue weighted by Crippen LogP contribution is 2.20. The molecule has 1 aromatic rings. The summed E-state index contributed by atoms with van der Waals surface area (Å²) in [6.07, 6.45) is 2.78. The van der Waals surface area contributed by atoms with Crippen LogP contribution in [-0.4, -0.2) is 54.7 Å². The van der Waals surface area contributed by atoms with Crippen molar-refractivity contribution >= 4 is 11.9 Å². The summed E-state index contributed by atoms with van der Waals surface area (Å²) in [6, 6.07) is 3.55. The Morgan fingerprint density at radius 2 is 2.27 bits per heavy atom. The summed E-state index contributed by atoms with van der Waals surface area (Å²) in [5, 5.41) is 15.3. The van der Waals surface area contributed by atoms with Crippen molar-refractivity contribution in [2.45, 2.75) is 25.4 Å². The quantitative estimate of drug-likeness (QED) is 0.661. The van der Waals surface area contributed by atoms with Crippen LogP contribution < -0.4 is 10.6 Å². The van der Waals surface area contributed by atoms with Crippen LogP contribution in [0.15, 0.2) is 22.8 Å². The molecule has 1 fully saturated rings. The molecule has 22 heavy (non-hydrogen) atoms. The summed E-state index contributed by atoms with van der Waals surface area (Å²) in [5.41, 5.74) is 0. The van der Waals surface area contributed by atoms with Gasteiger partial charge in [-0.15, -0.1) is 0 Å². The van der Waals surface area contributed by atoms with Gasteiger partial charge in [-0.25, -0.2) is 4.79 Å². The van der Waals surface area contributed by atoms with E-state index in [4.69, 9.17) is 4.42 Å². The summed E-state index contributed by atoms with van der Waals surface area (Å²) in [5.74, 6) is 0.579. The predicted molar refractivity (Wildman–Crippen MR) is 80.2 cm³/mol. The number of urea groups is 1. The number of hydrogen-bond donors (Lipinski definition) is 3. The number of carbonyl (C=O) groups is 2. The van der Waals surface area contributed by atoms with E-state index in [1.54, 1.807) is 18.2 Å². The molecule has 1 aliphatic heterocycles. The van der Waals surface area contributed by atoms with Crippen molar-refractivity contribution in [2.75, 3.05) is 26.7 Å². The molecule has 2 rings (SSSR count). The fraction of sp³-hybridized carbons (Fsp3) is 0.600. The van der Waals surface area contributed by atoms with E-state index in [0.717, 1.165) is 18.6 Å². The number of rotatable bonds is 6. The molecule has 3 amide bonds. The van der Waals surface area contributed by atoms with Crippen molar-refractivity contribution in [3.05, 3.63) is 24.2 Å². The lowest BCUT2D eigenvalue weighted by atomic mass is 10.0. The standard InChI is InChI=1S/C15H23N3O4/c1-16-14(20)8-11-9-18(10-13(11)19)15(21)17-6-2-4-12-5-3-7-22-12/h3,5,7,11,13,19H,2,4,6,8-10H2,1H3,(H,16,20)(H,17,21)/t11-,13-/m1/s1. The zero-order valence-corrected chi connectivity index (χ0v) is 12.7. The van der Waals surface area contributed by atoms with Crippen LogP contribution in [0.25, 0.3) is 0 Å². The highest BCUT2D eigenvalue weighted by Gasteiger charge is 2.34. The normalized spacial score (nSPS) is 20.9. The van der Waals surface area contributed by atoms with Crippen LogP contribution in [0.2, 0.25) is 0 Å². The van der Waals surface area contributed by atoms with E-state index >= 15 is 0 Å². The van der Waals surface area contributed by atoms with Crippen LogP contribution in [0.3, 0.4) is 0 Å². The number of nitrogens with zero attached hydrogens (tertiary/aromatic N) is 1. The number of nitrogens with one attached hydrogen (secondary N) is 2. The second kappa shape index (κ2) is 7.84. The van der Waals surface area contributed by atoms with Crippen LogP contribution in [0.5, 0.6) is 0 Å². The third kappa shape index (κ3) is 4.49. The van der Waals surface area contributed by atoms with Gasteiger partial charge in [-0.1, -0.05) is 0 Å². The second-order valence-corrected chi connectivity index (χ2v) is 5.52. The first-order valence-electron chi connectivity index (χ1n) is 7.54. The van der Waals surface area contributed by atoms with E-state index in [9.17, 15) is 14.7 Å². The minimum absolute atomic E-state index is 0.121. The minimum Gasteiger partial charge on any atom is -0.469 e. The topological polar surface area (TPSA) is 94.8 Å². The average molecular weight is 309 g/mol. The van der Waals surface area contributed by atoms with Crippen molar-refractivity contribution in [2.24, 2.45) is 5.92 Å². The van der Waals surface area contributed by atoms with Crippen LogP contribution in [0.1, 0.15) is 18.6 Å². The van der Waals surface area contributed by atoms with E-state index in [1.165, 1.54) is 0 Å². The summed E-state index contributed by atoms with van der Waals surface area (Å²) < 4.78 is 5.22. The lowest BCUT2D eigenvalue weighted by Crippen LogP contribution is -2.39.